The zero-order valence-electron chi connectivity index (χ0n) is 10.5. The molecule has 4 N–H and O–H groups in total. The third-order valence-corrected chi connectivity index (χ3v) is 2.65. The number of nitrogens with one attached hydrogen (secondary N) is 1. The number of nitrogens with zero attached hydrogens (tertiary/aromatic N) is 2. The molecule has 0 spiro atoms. The van der Waals surface area contributed by atoms with Gasteiger partial charge in [0, 0.05) is 12.7 Å². The van der Waals surface area contributed by atoms with E-state index in [1.807, 2.05) is 20.8 Å². The third-order valence-electron chi connectivity index (χ3n) is 2.65. The first-order valence-corrected chi connectivity index (χ1v) is 5.74. The number of carbonyl (C=O) groups excluding carboxylic acids is 1. The molecule has 6 heteroatoms. The molecule has 96 valence electrons. The number of anilines is 1. The summed E-state index contributed by atoms with van der Waals surface area (Å²) in [5.74, 6) is -0.194. The van der Waals surface area contributed by atoms with Crippen molar-refractivity contribution in [2.45, 2.75) is 33.4 Å². The predicted molar refractivity (Wildman–Crippen MR) is 65.5 cm³/mol. The van der Waals surface area contributed by atoms with Gasteiger partial charge >= 0.3 is 0 Å². The molecule has 1 rings (SSSR count). The molecule has 1 aromatic rings. The van der Waals surface area contributed by atoms with Crippen molar-refractivity contribution in [1.29, 1.82) is 0 Å². The molecule has 0 aliphatic rings. The molecular weight excluding hydrogens is 220 g/mol. The summed E-state index contributed by atoms with van der Waals surface area (Å²) in [4.78, 5) is 11.9. The summed E-state index contributed by atoms with van der Waals surface area (Å²) in [5.41, 5.74) is 6.27. The lowest BCUT2D eigenvalue weighted by Crippen LogP contribution is -2.41. The predicted octanol–water partition coefficient (Wildman–Crippen LogP) is 0.232. The van der Waals surface area contributed by atoms with Crippen molar-refractivity contribution in [3.63, 3.8) is 0 Å². The molecule has 0 aliphatic carbocycles. The zero-order valence-corrected chi connectivity index (χ0v) is 10.5. The van der Waals surface area contributed by atoms with Crippen LogP contribution < -0.4 is 11.1 Å². The quantitative estimate of drug-likeness (QED) is 0.687. The van der Waals surface area contributed by atoms with Gasteiger partial charge in [0.05, 0.1) is 18.3 Å². The first kappa shape index (κ1) is 13.5. The van der Waals surface area contributed by atoms with Gasteiger partial charge in [-0.25, -0.2) is 0 Å². The van der Waals surface area contributed by atoms with Crippen molar-refractivity contribution in [3.8, 4) is 0 Å². The molecule has 0 aliphatic heterocycles. The smallest absolute Gasteiger partial charge is 0.274 e. The second kappa shape index (κ2) is 5.67. The van der Waals surface area contributed by atoms with Crippen molar-refractivity contribution in [3.05, 3.63) is 11.9 Å². The van der Waals surface area contributed by atoms with Crippen LogP contribution in [0.5, 0.6) is 0 Å². The highest BCUT2D eigenvalue weighted by molar-refractivity contribution is 5.97. The van der Waals surface area contributed by atoms with E-state index in [2.05, 4.69) is 10.4 Å². The molecule has 17 heavy (non-hydrogen) atoms. The minimum Gasteiger partial charge on any atom is -0.396 e. The van der Waals surface area contributed by atoms with Gasteiger partial charge in [0.15, 0.2) is 5.69 Å². The minimum atomic E-state index is -0.345. The van der Waals surface area contributed by atoms with Crippen LogP contribution in [0.3, 0.4) is 0 Å². The van der Waals surface area contributed by atoms with Crippen LogP contribution in [0.25, 0.3) is 0 Å². The van der Waals surface area contributed by atoms with Crippen LogP contribution in [0.15, 0.2) is 6.20 Å². The maximum absolute atomic E-state index is 11.9. The largest absolute Gasteiger partial charge is 0.396 e. The average Bonchev–Trinajstić information content (AvgIpc) is 2.66. The fourth-order valence-electron chi connectivity index (χ4n) is 1.44. The van der Waals surface area contributed by atoms with Crippen molar-refractivity contribution in [2.24, 2.45) is 5.92 Å². The molecule has 1 heterocycles. The SMILES string of the molecule is CCn1cc(N)c(C(=O)N[C@H](CO)C(C)C)n1. The maximum Gasteiger partial charge on any atom is 0.274 e. The maximum atomic E-state index is 11.9. The van der Waals surface area contributed by atoms with Crippen LogP contribution >= 0.6 is 0 Å². The monoisotopic (exact) mass is 240 g/mol. The summed E-state index contributed by atoms with van der Waals surface area (Å²) in [5, 5.41) is 15.9. The van der Waals surface area contributed by atoms with E-state index in [-0.39, 0.29) is 30.2 Å². The number of amides is 1. The molecule has 0 saturated heterocycles. The Labute approximate surface area is 101 Å². The molecule has 1 amide bonds. The number of aryl methyl sites for hydroxylation is 1. The van der Waals surface area contributed by atoms with Gasteiger partial charge in [0.25, 0.3) is 5.91 Å². The normalized spacial score (nSPS) is 12.8. The Morgan fingerprint density at radius 2 is 2.29 bits per heavy atom. The lowest BCUT2D eigenvalue weighted by Gasteiger charge is -2.19. The molecule has 1 atom stereocenters. The van der Waals surface area contributed by atoms with Crippen LogP contribution in [-0.2, 0) is 6.54 Å². The van der Waals surface area contributed by atoms with Crippen LogP contribution in [-0.4, -0.2) is 33.4 Å². The van der Waals surface area contributed by atoms with E-state index >= 15 is 0 Å². The summed E-state index contributed by atoms with van der Waals surface area (Å²) in [6, 6.07) is -0.284. The molecule has 0 unspecified atom stereocenters. The fraction of sp³-hybridized carbons (Fsp3) is 0.636. The number of rotatable bonds is 5. The second-order valence-electron chi connectivity index (χ2n) is 4.30. The van der Waals surface area contributed by atoms with Gasteiger partial charge in [0.1, 0.15) is 0 Å². The van der Waals surface area contributed by atoms with E-state index < -0.39 is 0 Å². The Bertz CT molecular complexity index is 387. The van der Waals surface area contributed by atoms with E-state index in [1.54, 1.807) is 10.9 Å². The average molecular weight is 240 g/mol. The number of aromatic nitrogens is 2. The summed E-state index contributed by atoms with van der Waals surface area (Å²) in [6.07, 6.45) is 1.62. The number of aliphatic hydroxyl groups excluding tert-OH is 1. The molecule has 0 saturated carbocycles. The van der Waals surface area contributed by atoms with Crippen LogP contribution in [0.4, 0.5) is 5.69 Å². The summed E-state index contributed by atoms with van der Waals surface area (Å²) < 4.78 is 1.60. The molecule has 0 radical (unpaired) electrons. The number of nitrogens with two attached hydrogens (primary N) is 1. The number of aliphatic hydroxyl groups is 1. The molecule has 1 aromatic heterocycles. The Hall–Kier alpha value is -1.56. The first-order chi connectivity index (χ1) is 7.99. The van der Waals surface area contributed by atoms with Gasteiger partial charge in [0.2, 0.25) is 0 Å². The van der Waals surface area contributed by atoms with E-state index in [4.69, 9.17) is 10.8 Å². The molecule has 6 nitrogen and oxygen atoms in total. The van der Waals surface area contributed by atoms with Gasteiger partial charge in [-0.3, -0.25) is 9.48 Å². The van der Waals surface area contributed by atoms with Gasteiger partial charge in [-0.1, -0.05) is 13.8 Å². The zero-order chi connectivity index (χ0) is 13.0. The summed E-state index contributed by atoms with van der Waals surface area (Å²) in [6.45, 7) is 6.33. The van der Waals surface area contributed by atoms with Crippen molar-refractivity contribution >= 4 is 11.6 Å². The standard InChI is InChI=1S/C11H20N4O2/c1-4-15-5-8(12)10(14-15)11(17)13-9(6-16)7(2)3/h5,7,9,16H,4,6,12H2,1-3H3,(H,13,17)/t9-/m1/s1. The van der Waals surface area contributed by atoms with E-state index in [1.165, 1.54) is 0 Å². The summed E-state index contributed by atoms with van der Waals surface area (Å²) >= 11 is 0. The Morgan fingerprint density at radius 3 is 2.71 bits per heavy atom. The second-order valence-corrected chi connectivity index (χ2v) is 4.30. The van der Waals surface area contributed by atoms with E-state index in [9.17, 15) is 4.79 Å². The van der Waals surface area contributed by atoms with Gasteiger partial charge in [-0.15, -0.1) is 0 Å². The number of hydrogen-bond acceptors (Lipinski definition) is 4. The van der Waals surface area contributed by atoms with Crippen molar-refractivity contribution in [1.82, 2.24) is 15.1 Å². The van der Waals surface area contributed by atoms with Crippen molar-refractivity contribution < 1.29 is 9.90 Å². The third kappa shape index (κ3) is 3.20. The highest BCUT2D eigenvalue weighted by atomic mass is 16.3. The Morgan fingerprint density at radius 1 is 1.65 bits per heavy atom. The Balaban J connectivity index is 2.78. The molecule has 0 fully saturated rings. The van der Waals surface area contributed by atoms with Crippen LogP contribution in [0.1, 0.15) is 31.3 Å². The van der Waals surface area contributed by atoms with E-state index in [0.29, 0.717) is 12.2 Å². The van der Waals surface area contributed by atoms with Crippen LogP contribution in [0.2, 0.25) is 0 Å². The molecule has 0 aromatic carbocycles. The topological polar surface area (TPSA) is 93.2 Å². The minimum absolute atomic E-state index is 0.0994. The Kier molecular flexibility index (Phi) is 4.51. The lowest BCUT2D eigenvalue weighted by atomic mass is 10.1. The van der Waals surface area contributed by atoms with E-state index in [0.717, 1.165) is 0 Å². The highest BCUT2D eigenvalue weighted by Gasteiger charge is 2.20. The molecule has 0 bridgehead atoms. The van der Waals surface area contributed by atoms with Crippen molar-refractivity contribution in [2.75, 3.05) is 12.3 Å². The van der Waals surface area contributed by atoms with Gasteiger partial charge in [-0.05, 0) is 12.8 Å². The number of carbonyl (C=O) groups is 1. The van der Waals surface area contributed by atoms with Gasteiger partial charge in [-0.2, -0.15) is 5.10 Å². The molecular formula is C11H20N4O2. The fourth-order valence-corrected chi connectivity index (χ4v) is 1.44. The van der Waals surface area contributed by atoms with Crippen LogP contribution in [0, 0.1) is 5.92 Å². The highest BCUT2D eigenvalue weighted by Crippen LogP contribution is 2.10. The number of nitrogen functional groups attached to an aromatic ring is 1. The summed E-state index contributed by atoms with van der Waals surface area (Å²) in [7, 11) is 0. The lowest BCUT2D eigenvalue weighted by molar-refractivity contribution is 0.0892. The first-order valence-electron chi connectivity index (χ1n) is 5.74. The van der Waals surface area contributed by atoms with Gasteiger partial charge < -0.3 is 16.2 Å². The number of hydrogen-bond donors (Lipinski definition) is 3.